The lowest BCUT2D eigenvalue weighted by Gasteiger charge is -2.33. The van der Waals surface area contributed by atoms with Gasteiger partial charge in [-0.15, -0.1) is 0 Å². The number of nitrogens with zero attached hydrogens (tertiary/aromatic N) is 2. The zero-order valence-electron chi connectivity index (χ0n) is 16.7. The van der Waals surface area contributed by atoms with Crippen molar-refractivity contribution in [1.29, 1.82) is 0 Å². The molecule has 144 valence electrons. The van der Waals surface area contributed by atoms with E-state index in [-0.39, 0.29) is 11.8 Å². The highest BCUT2D eigenvalue weighted by Gasteiger charge is 2.33. The molecule has 1 aliphatic rings. The molecule has 1 heterocycles. The number of rotatable bonds is 7. The maximum atomic E-state index is 13.0. The van der Waals surface area contributed by atoms with Crippen LogP contribution in [0.5, 0.6) is 0 Å². The molecule has 0 saturated heterocycles. The Hall–Kier alpha value is -1.88. The van der Waals surface area contributed by atoms with Gasteiger partial charge in [0, 0.05) is 18.5 Å². The lowest BCUT2D eigenvalue weighted by atomic mass is 9.73. The highest BCUT2D eigenvalue weighted by molar-refractivity contribution is 5.92. The van der Waals surface area contributed by atoms with Gasteiger partial charge in [0.05, 0.1) is 12.2 Å². The fourth-order valence-corrected chi connectivity index (χ4v) is 3.80. The molecule has 0 aliphatic heterocycles. The van der Waals surface area contributed by atoms with Crippen LogP contribution in [0.25, 0.3) is 5.57 Å². The van der Waals surface area contributed by atoms with E-state index in [9.17, 15) is 4.79 Å². The van der Waals surface area contributed by atoms with Gasteiger partial charge in [0.25, 0.3) is 0 Å². The van der Waals surface area contributed by atoms with Crippen molar-refractivity contribution in [3.8, 4) is 0 Å². The van der Waals surface area contributed by atoms with Gasteiger partial charge in [-0.3, -0.25) is 4.79 Å². The first-order valence-electron chi connectivity index (χ1n) is 9.88. The Labute approximate surface area is 157 Å². The Morgan fingerprint density at radius 3 is 2.88 bits per heavy atom. The van der Waals surface area contributed by atoms with E-state index < -0.39 is 0 Å². The molecule has 3 N–H and O–H groups in total. The summed E-state index contributed by atoms with van der Waals surface area (Å²) in [5.41, 5.74) is 7.66. The lowest BCUT2D eigenvalue weighted by molar-refractivity contribution is -0.123. The maximum Gasteiger partial charge on any atom is 0.228 e. The average Bonchev–Trinajstić information content (AvgIpc) is 3.02. The van der Waals surface area contributed by atoms with Gasteiger partial charge in [-0.2, -0.15) is 5.10 Å². The van der Waals surface area contributed by atoms with Crippen LogP contribution in [0.15, 0.2) is 24.3 Å². The van der Waals surface area contributed by atoms with Crippen LogP contribution in [0.1, 0.15) is 59.1 Å². The van der Waals surface area contributed by atoms with Crippen LogP contribution in [0.2, 0.25) is 0 Å². The van der Waals surface area contributed by atoms with Crippen molar-refractivity contribution < 1.29 is 4.79 Å². The summed E-state index contributed by atoms with van der Waals surface area (Å²) < 4.78 is 1.81. The summed E-state index contributed by atoms with van der Waals surface area (Å²) in [6, 6.07) is 1.95. The van der Waals surface area contributed by atoms with E-state index in [2.05, 4.69) is 24.3 Å². The number of hydrogen-bond acceptors (Lipinski definition) is 3. The van der Waals surface area contributed by atoms with Gasteiger partial charge >= 0.3 is 0 Å². The molecule has 1 saturated carbocycles. The molecule has 1 fully saturated rings. The van der Waals surface area contributed by atoms with Crippen LogP contribution >= 0.6 is 0 Å². The predicted octanol–water partition coefficient (Wildman–Crippen LogP) is 4.22. The first-order valence-corrected chi connectivity index (χ1v) is 9.88. The quantitative estimate of drug-likeness (QED) is 0.717. The molecular weight excluding hydrogens is 324 g/mol. The molecule has 1 aliphatic carbocycles. The minimum absolute atomic E-state index is 0.0908. The minimum atomic E-state index is 0.0908. The van der Waals surface area contributed by atoms with Gasteiger partial charge in [0.15, 0.2) is 0 Å². The highest BCUT2D eigenvalue weighted by Crippen LogP contribution is 2.36. The number of anilines is 1. The van der Waals surface area contributed by atoms with Crippen molar-refractivity contribution in [3.05, 3.63) is 30.0 Å². The van der Waals surface area contributed by atoms with E-state index in [1.807, 2.05) is 42.8 Å². The van der Waals surface area contributed by atoms with Crippen LogP contribution in [0, 0.1) is 17.8 Å². The molecule has 5 nitrogen and oxygen atoms in total. The van der Waals surface area contributed by atoms with Crippen LogP contribution in [-0.2, 0) is 11.3 Å². The molecule has 2 rings (SSSR count). The number of hydrogen-bond donors (Lipinski definition) is 2. The Kier molecular flexibility index (Phi) is 7.64. The molecule has 1 aromatic rings. The lowest BCUT2D eigenvalue weighted by Crippen LogP contribution is -2.34. The van der Waals surface area contributed by atoms with Crippen molar-refractivity contribution in [2.45, 2.75) is 59.9 Å². The van der Waals surface area contributed by atoms with E-state index in [1.165, 1.54) is 6.42 Å². The zero-order valence-corrected chi connectivity index (χ0v) is 16.7. The standard InChI is InChI=1S/C21H34N4O/c1-5-7-8-16(4)19-14-20(25(24-19)12-11-22)23-21(26)18-13-15(3)9-10-17(18)6-2/h5,7-8,14-15,17-18H,6,9-13,22H2,1-4H3,(H,23,26)/b7-5-,16-8+/t15-,17-,18-/m1/s1. The van der Waals surface area contributed by atoms with Crippen molar-refractivity contribution >= 4 is 17.3 Å². The van der Waals surface area contributed by atoms with Gasteiger partial charge in [0.2, 0.25) is 5.91 Å². The largest absolute Gasteiger partial charge is 0.329 e. The fourth-order valence-electron chi connectivity index (χ4n) is 3.80. The summed E-state index contributed by atoms with van der Waals surface area (Å²) >= 11 is 0. The summed E-state index contributed by atoms with van der Waals surface area (Å²) in [5.74, 6) is 2.06. The molecule has 0 unspecified atom stereocenters. The molecule has 0 aromatic carbocycles. The summed E-state index contributed by atoms with van der Waals surface area (Å²) in [7, 11) is 0. The molecule has 1 amide bonds. The average molecular weight is 359 g/mol. The second kappa shape index (κ2) is 9.72. The van der Waals surface area contributed by atoms with E-state index in [4.69, 9.17) is 5.73 Å². The van der Waals surface area contributed by atoms with Crippen LogP contribution in [-0.4, -0.2) is 22.2 Å². The topological polar surface area (TPSA) is 72.9 Å². The van der Waals surface area contributed by atoms with Gasteiger partial charge in [-0.05, 0) is 44.1 Å². The van der Waals surface area contributed by atoms with Crippen LogP contribution < -0.4 is 11.1 Å². The number of amides is 1. The zero-order chi connectivity index (χ0) is 19.1. The number of carbonyl (C=O) groups is 1. The molecule has 26 heavy (non-hydrogen) atoms. The molecule has 3 atom stereocenters. The van der Waals surface area contributed by atoms with E-state index in [1.54, 1.807) is 0 Å². The third-order valence-corrected chi connectivity index (χ3v) is 5.43. The molecule has 0 spiro atoms. The normalized spacial score (nSPS) is 24.2. The van der Waals surface area contributed by atoms with Crippen LogP contribution in [0.3, 0.4) is 0 Å². The third kappa shape index (κ3) is 5.07. The first-order chi connectivity index (χ1) is 12.5. The van der Waals surface area contributed by atoms with Crippen molar-refractivity contribution in [1.82, 2.24) is 9.78 Å². The Morgan fingerprint density at radius 1 is 1.46 bits per heavy atom. The highest BCUT2D eigenvalue weighted by atomic mass is 16.2. The fraction of sp³-hybridized carbons (Fsp3) is 0.619. The molecule has 0 radical (unpaired) electrons. The van der Waals surface area contributed by atoms with Gasteiger partial charge in [-0.1, -0.05) is 44.9 Å². The smallest absolute Gasteiger partial charge is 0.228 e. The van der Waals surface area contributed by atoms with Crippen LogP contribution in [0.4, 0.5) is 5.82 Å². The third-order valence-electron chi connectivity index (χ3n) is 5.43. The molecule has 5 heteroatoms. The predicted molar refractivity (Wildman–Crippen MR) is 109 cm³/mol. The first kappa shape index (κ1) is 20.4. The van der Waals surface area contributed by atoms with E-state index in [0.717, 1.165) is 36.3 Å². The minimum Gasteiger partial charge on any atom is -0.329 e. The number of nitrogens with two attached hydrogens (primary N) is 1. The molecular formula is C21H34N4O. The SMILES string of the molecule is C/C=C\C=C(/C)c1cc(NC(=O)[C@@H]2C[C@H](C)CC[C@H]2CC)n(CCN)n1. The number of nitrogens with one attached hydrogen (secondary N) is 1. The number of allylic oxidation sites excluding steroid dienone is 4. The maximum absolute atomic E-state index is 13.0. The van der Waals surface area contributed by atoms with Gasteiger partial charge in [-0.25, -0.2) is 4.68 Å². The Bertz CT molecular complexity index is 659. The number of aromatic nitrogens is 2. The summed E-state index contributed by atoms with van der Waals surface area (Å²) in [4.78, 5) is 13.0. The summed E-state index contributed by atoms with van der Waals surface area (Å²) in [5, 5.41) is 7.77. The van der Waals surface area contributed by atoms with Crippen molar-refractivity contribution in [2.75, 3.05) is 11.9 Å². The summed E-state index contributed by atoms with van der Waals surface area (Å²) in [6.07, 6.45) is 10.4. The van der Waals surface area contributed by atoms with Gasteiger partial charge < -0.3 is 11.1 Å². The number of carbonyl (C=O) groups excluding carboxylic acids is 1. The monoisotopic (exact) mass is 358 g/mol. The molecule has 0 bridgehead atoms. The second-order valence-electron chi connectivity index (χ2n) is 7.48. The Balaban J connectivity index is 2.21. The molecule has 1 aromatic heterocycles. The summed E-state index contributed by atoms with van der Waals surface area (Å²) in [6.45, 7) is 9.52. The van der Waals surface area contributed by atoms with E-state index >= 15 is 0 Å². The van der Waals surface area contributed by atoms with Crippen molar-refractivity contribution in [3.63, 3.8) is 0 Å². The van der Waals surface area contributed by atoms with E-state index in [0.29, 0.717) is 24.9 Å². The van der Waals surface area contributed by atoms with Gasteiger partial charge in [0.1, 0.15) is 5.82 Å². The van der Waals surface area contributed by atoms with Crippen molar-refractivity contribution in [2.24, 2.45) is 23.5 Å². The Morgan fingerprint density at radius 2 is 2.23 bits per heavy atom. The second-order valence-corrected chi connectivity index (χ2v) is 7.48.